The Morgan fingerprint density at radius 1 is 1.29 bits per heavy atom. The van der Waals surface area contributed by atoms with Crippen molar-refractivity contribution in [1.29, 1.82) is 0 Å². The maximum absolute atomic E-state index is 12.7. The maximum Gasteiger partial charge on any atom is 1.00 e. The Morgan fingerprint density at radius 3 is 2.47 bits per heavy atom. The van der Waals surface area contributed by atoms with Gasteiger partial charge in [-0.25, -0.2) is 4.39 Å². The van der Waals surface area contributed by atoms with Crippen molar-refractivity contribution in [3.05, 3.63) is 36.2 Å². The first-order valence-corrected chi connectivity index (χ1v) is 4.68. The molecule has 0 amide bonds. The van der Waals surface area contributed by atoms with Gasteiger partial charge in [-0.3, -0.25) is 0 Å². The zero-order valence-electron chi connectivity index (χ0n) is 9.59. The standard InChI is InChI=1S/C10H10BF4O.K/c1-2-3-6-16-10-5-4-8(12)7-9(10)11(13,14)15;/h2-5,7H,6H2,1H3;/q-1;+1/b3-2+;. The van der Waals surface area contributed by atoms with Gasteiger partial charge in [-0.2, -0.15) is 0 Å². The van der Waals surface area contributed by atoms with E-state index in [1.54, 1.807) is 19.1 Å². The second-order valence-electron chi connectivity index (χ2n) is 3.14. The van der Waals surface area contributed by atoms with Gasteiger partial charge in [0.25, 0.3) is 0 Å². The van der Waals surface area contributed by atoms with E-state index in [1.165, 1.54) is 0 Å². The van der Waals surface area contributed by atoms with Gasteiger partial charge in [0.05, 0.1) is 5.75 Å². The fraction of sp³-hybridized carbons (Fsp3) is 0.200. The molecule has 0 bridgehead atoms. The number of ether oxygens (including phenoxy) is 1. The molecule has 0 aliphatic heterocycles. The number of hydrogen-bond acceptors (Lipinski definition) is 1. The average molecular weight is 272 g/mol. The van der Waals surface area contributed by atoms with Crippen LogP contribution in [0.4, 0.5) is 17.3 Å². The zero-order chi connectivity index (χ0) is 12.2. The van der Waals surface area contributed by atoms with Gasteiger partial charge in [0.1, 0.15) is 12.4 Å². The third kappa shape index (κ3) is 5.57. The molecule has 1 rings (SSSR count). The fourth-order valence-electron chi connectivity index (χ4n) is 1.14. The second kappa shape index (κ2) is 7.58. The average Bonchev–Trinajstić information content (AvgIpc) is 2.19. The van der Waals surface area contributed by atoms with Crippen molar-refractivity contribution in [3.8, 4) is 5.75 Å². The molecule has 0 aliphatic carbocycles. The summed E-state index contributed by atoms with van der Waals surface area (Å²) in [6, 6.07) is 2.38. The predicted octanol–water partition coefficient (Wildman–Crippen LogP) is -0.161. The molecule has 0 aliphatic rings. The molecule has 0 fully saturated rings. The van der Waals surface area contributed by atoms with E-state index in [2.05, 4.69) is 0 Å². The number of hydrogen-bond donors (Lipinski definition) is 0. The van der Waals surface area contributed by atoms with Crippen molar-refractivity contribution in [2.75, 3.05) is 6.61 Å². The molecule has 0 spiro atoms. The van der Waals surface area contributed by atoms with E-state index in [4.69, 9.17) is 4.74 Å². The van der Waals surface area contributed by atoms with Crippen molar-refractivity contribution >= 4 is 12.4 Å². The zero-order valence-corrected chi connectivity index (χ0v) is 12.7. The molecule has 0 heterocycles. The van der Waals surface area contributed by atoms with Crippen LogP contribution in [0.3, 0.4) is 0 Å². The van der Waals surface area contributed by atoms with E-state index in [9.17, 15) is 17.3 Å². The molecule has 0 aromatic heterocycles. The number of rotatable bonds is 4. The van der Waals surface area contributed by atoms with Crippen molar-refractivity contribution in [1.82, 2.24) is 0 Å². The summed E-state index contributed by atoms with van der Waals surface area (Å²) in [5.74, 6) is -1.26. The molecule has 88 valence electrons. The van der Waals surface area contributed by atoms with E-state index in [0.717, 1.165) is 12.1 Å². The van der Waals surface area contributed by atoms with Crippen LogP contribution < -0.4 is 61.6 Å². The van der Waals surface area contributed by atoms with E-state index in [1.807, 2.05) is 0 Å². The largest absolute Gasteiger partial charge is 1.00 e. The molecule has 0 radical (unpaired) electrons. The van der Waals surface area contributed by atoms with Gasteiger partial charge in [0, 0.05) is 0 Å². The third-order valence-electron chi connectivity index (χ3n) is 1.90. The van der Waals surface area contributed by atoms with Crippen LogP contribution in [0.15, 0.2) is 30.4 Å². The molecule has 17 heavy (non-hydrogen) atoms. The topological polar surface area (TPSA) is 9.23 Å². The van der Waals surface area contributed by atoms with Crippen molar-refractivity contribution in [2.24, 2.45) is 0 Å². The minimum atomic E-state index is -5.27. The van der Waals surface area contributed by atoms with Crippen LogP contribution in [0.5, 0.6) is 5.75 Å². The first-order chi connectivity index (χ1) is 7.45. The smallest absolute Gasteiger partial charge is 0.493 e. The van der Waals surface area contributed by atoms with Crippen molar-refractivity contribution in [2.45, 2.75) is 6.92 Å². The van der Waals surface area contributed by atoms with Gasteiger partial charge in [-0.05, 0) is 25.1 Å². The van der Waals surface area contributed by atoms with Gasteiger partial charge in [-0.1, -0.05) is 17.6 Å². The molecule has 7 heteroatoms. The Balaban J connectivity index is 0.00000256. The Labute approximate surface area is 140 Å². The normalized spacial score (nSPS) is 11.4. The van der Waals surface area contributed by atoms with Crippen molar-refractivity contribution in [3.63, 3.8) is 0 Å². The third-order valence-corrected chi connectivity index (χ3v) is 1.90. The Bertz CT molecular complexity index is 392. The SMILES string of the molecule is C/C=C/COc1ccc(F)cc1[B-](F)(F)F.[K+]. The molecule has 1 aromatic rings. The maximum atomic E-state index is 12.7. The summed E-state index contributed by atoms with van der Waals surface area (Å²) >= 11 is 0. The van der Waals surface area contributed by atoms with E-state index in [0.29, 0.717) is 6.07 Å². The summed E-state index contributed by atoms with van der Waals surface area (Å²) in [5, 5.41) is 0. The van der Waals surface area contributed by atoms with Crippen LogP contribution in [-0.2, 0) is 0 Å². The van der Waals surface area contributed by atoms with Crippen LogP contribution in [0.25, 0.3) is 0 Å². The summed E-state index contributed by atoms with van der Waals surface area (Å²) in [6.45, 7) is -3.51. The summed E-state index contributed by atoms with van der Waals surface area (Å²) in [5.41, 5.74) is -1.04. The van der Waals surface area contributed by atoms with Crippen LogP contribution in [0, 0.1) is 5.82 Å². The molecule has 0 atom stereocenters. The van der Waals surface area contributed by atoms with Gasteiger partial charge < -0.3 is 17.7 Å². The van der Waals surface area contributed by atoms with Crippen LogP contribution in [0.1, 0.15) is 6.92 Å². The minimum Gasteiger partial charge on any atom is -0.493 e. The van der Waals surface area contributed by atoms with Gasteiger partial charge >= 0.3 is 58.4 Å². The molecule has 0 saturated heterocycles. The van der Waals surface area contributed by atoms with Gasteiger partial charge in [-0.15, -0.1) is 0 Å². The van der Waals surface area contributed by atoms with E-state index < -0.39 is 18.3 Å². The van der Waals surface area contributed by atoms with Crippen molar-refractivity contribution < 1.29 is 73.5 Å². The second-order valence-corrected chi connectivity index (χ2v) is 3.14. The molecule has 1 aromatic carbocycles. The summed E-state index contributed by atoms with van der Waals surface area (Å²) in [6.07, 6.45) is 3.22. The van der Waals surface area contributed by atoms with Gasteiger partial charge in [0.15, 0.2) is 0 Å². The molecule has 0 unspecified atom stereocenters. The first kappa shape index (κ1) is 17.2. The Morgan fingerprint density at radius 2 is 1.94 bits per heavy atom. The van der Waals surface area contributed by atoms with E-state index >= 15 is 0 Å². The monoisotopic (exact) mass is 272 g/mol. The predicted molar refractivity (Wildman–Crippen MR) is 55.4 cm³/mol. The molecular weight excluding hydrogens is 262 g/mol. The summed E-state index contributed by atoms with van der Waals surface area (Å²) in [7, 11) is 0. The van der Waals surface area contributed by atoms with Crippen LogP contribution in [0.2, 0.25) is 0 Å². The van der Waals surface area contributed by atoms with Crippen LogP contribution >= 0.6 is 0 Å². The molecule has 0 N–H and O–H groups in total. The van der Waals surface area contributed by atoms with E-state index in [-0.39, 0.29) is 63.7 Å². The van der Waals surface area contributed by atoms with Gasteiger partial charge in [0.2, 0.25) is 0 Å². The minimum absolute atomic E-state index is 0. The Hall–Kier alpha value is 0.181. The molecule has 0 saturated carbocycles. The summed E-state index contributed by atoms with van der Waals surface area (Å²) in [4.78, 5) is 0. The Kier molecular flexibility index (Phi) is 7.66. The first-order valence-electron chi connectivity index (χ1n) is 4.68. The fourth-order valence-corrected chi connectivity index (χ4v) is 1.14. The quantitative estimate of drug-likeness (QED) is 0.420. The van der Waals surface area contributed by atoms with Crippen LogP contribution in [-0.4, -0.2) is 13.6 Å². The number of benzene rings is 1. The number of halogens is 4. The molecule has 1 nitrogen and oxygen atoms in total. The molecular formula is C10H10BF4KO. The number of allylic oxidation sites excluding steroid dienone is 1. The summed E-state index contributed by atoms with van der Waals surface area (Å²) < 4.78 is 55.2.